The van der Waals surface area contributed by atoms with E-state index in [4.69, 9.17) is 4.74 Å². The quantitative estimate of drug-likeness (QED) is 0.484. The highest BCUT2D eigenvalue weighted by Crippen LogP contribution is 2.33. The Kier molecular flexibility index (Phi) is 4.84. The summed E-state index contributed by atoms with van der Waals surface area (Å²) in [5, 5.41) is 0. The highest BCUT2D eigenvalue weighted by Gasteiger charge is 2.28. The molecule has 1 aliphatic rings. The van der Waals surface area contributed by atoms with Crippen molar-refractivity contribution in [1.29, 1.82) is 0 Å². The molecule has 2 aromatic carbocycles. The number of imidazole rings is 1. The topological polar surface area (TPSA) is 74.3 Å². The van der Waals surface area contributed by atoms with E-state index in [2.05, 4.69) is 9.88 Å². The Bertz CT molecular complexity index is 1400. The molecular weight excluding hydrogens is 406 g/mol. The van der Waals surface area contributed by atoms with Crippen LogP contribution in [0.5, 0.6) is 11.5 Å². The van der Waals surface area contributed by atoms with E-state index in [0.29, 0.717) is 36.7 Å². The highest BCUT2D eigenvalue weighted by atomic mass is 16.5. The molecule has 164 valence electrons. The van der Waals surface area contributed by atoms with Gasteiger partial charge in [-0.1, -0.05) is 32.0 Å². The molecule has 0 N–H and O–H groups in total. The van der Waals surface area contributed by atoms with E-state index < -0.39 is 0 Å². The van der Waals surface area contributed by atoms with Crippen LogP contribution >= 0.6 is 0 Å². The summed E-state index contributed by atoms with van der Waals surface area (Å²) in [5.41, 5.74) is 1.25. The molecule has 0 aliphatic carbocycles. The summed E-state index contributed by atoms with van der Waals surface area (Å²) in [7, 11) is 1.67. The van der Waals surface area contributed by atoms with Crippen molar-refractivity contribution in [2.45, 2.75) is 26.9 Å². The third-order valence-corrected chi connectivity index (χ3v) is 5.68. The van der Waals surface area contributed by atoms with Crippen molar-refractivity contribution < 1.29 is 4.74 Å². The summed E-state index contributed by atoms with van der Waals surface area (Å²) in [6.07, 6.45) is 0. The average molecular weight is 431 g/mol. The van der Waals surface area contributed by atoms with E-state index >= 15 is 0 Å². The Morgan fingerprint density at radius 1 is 0.969 bits per heavy atom. The predicted octanol–water partition coefficient (Wildman–Crippen LogP) is 3.50. The molecule has 0 spiro atoms. The number of nitrogens with zero attached hydrogens (tertiary/aromatic N) is 5. The minimum atomic E-state index is -0.332. The number of para-hydroxylation sites is 1. The van der Waals surface area contributed by atoms with Crippen LogP contribution < -0.4 is 20.9 Å². The number of benzene rings is 2. The van der Waals surface area contributed by atoms with Gasteiger partial charge in [-0.2, -0.15) is 4.98 Å². The molecule has 5 rings (SSSR count). The van der Waals surface area contributed by atoms with Crippen LogP contribution in [0.2, 0.25) is 0 Å². The van der Waals surface area contributed by atoms with Gasteiger partial charge in [0.15, 0.2) is 11.2 Å². The van der Waals surface area contributed by atoms with Crippen molar-refractivity contribution in [2.75, 3.05) is 11.4 Å². The fourth-order valence-electron chi connectivity index (χ4n) is 4.17. The molecule has 32 heavy (non-hydrogen) atoms. The number of fused-ring (bicyclic) bond motifs is 3. The lowest BCUT2D eigenvalue weighted by Crippen LogP contribution is -2.40. The zero-order valence-corrected chi connectivity index (χ0v) is 18.4. The van der Waals surface area contributed by atoms with Gasteiger partial charge in [-0.25, -0.2) is 4.79 Å². The Morgan fingerprint density at radius 3 is 2.34 bits per heavy atom. The summed E-state index contributed by atoms with van der Waals surface area (Å²) in [6.45, 7) is 5.69. The van der Waals surface area contributed by atoms with Gasteiger partial charge in [0.25, 0.3) is 5.56 Å². The SMILES string of the molecule is CC(C)Cn1c(=O)c2c(nc3n2CCN3c2ccc(Oc3ccccc3)cc2)n(C)c1=O. The van der Waals surface area contributed by atoms with E-state index in [1.165, 1.54) is 9.13 Å². The van der Waals surface area contributed by atoms with Crippen LogP contribution in [0.25, 0.3) is 11.2 Å². The third kappa shape index (κ3) is 3.28. The standard InChI is InChI=1S/C24H25N5O3/c1-16(2)15-29-22(30)20-21(26(3)24(29)31)25-23-27(13-14-28(20)23)17-9-11-19(12-10-17)32-18-7-5-4-6-8-18/h4-12,16H,13-15H2,1-3H3. The lowest BCUT2D eigenvalue weighted by atomic mass is 10.2. The van der Waals surface area contributed by atoms with Crippen molar-refractivity contribution in [2.24, 2.45) is 13.0 Å². The molecule has 8 nitrogen and oxygen atoms in total. The van der Waals surface area contributed by atoms with Gasteiger partial charge in [0, 0.05) is 32.4 Å². The molecule has 0 fully saturated rings. The fourth-order valence-corrected chi connectivity index (χ4v) is 4.17. The molecule has 2 aromatic heterocycles. The second-order valence-electron chi connectivity index (χ2n) is 8.45. The van der Waals surface area contributed by atoms with Crippen LogP contribution in [0.15, 0.2) is 64.2 Å². The lowest BCUT2D eigenvalue weighted by Gasteiger charge is -2.16. The number of aryl methyl sites for hydroxylation is 1. The maximum Gasteiger partial charge on any atom is 0.332 e. The van der Waals surface area contributed by atoms with Gasteiger partial charge in [0.05, 0.1) is 0 Å². The fraction of sp³-hybridized carbons (Fsp3) is 0.292. The number of rotatable bonds is 5. The molecule has 3 heterocycles. The maximum atomic E-state index is 13.2. The highest BCUT2D eigenvalue weighted by molar-refractivity contribution is 5.77. The number of ether oxygens (including phenoxy) is 1. The van der Waals surface area contributed by atoms with Crippen molar-refractivity contribution >= 4 is 22.8 Å². The Balaban J connectivity index is 1.52. The van der Waals surface area contributed by atoms with E-state index in [1.54, 1.807) is 7.05 Å². The van der Waals surface area contributed by atoms with E-state index in [1.807, 2.05) is 73.0 Å². The number of anilines is 2. The first-order chi connectivity index (χ1) is 15.4. The summed E-state index contributed by atoms with van der Waals surface area (Å²) in [5.74, 6) is 2.38. The molecule has 4 aromatic rings. The monoisotopic (exact) mass is 431 g/mol. The minimum absolute atomic E-state index is 0.187. The minimum Gasteiger partial charge on any atom is -0.457 e. The van der Waals surface area contributed by atoms with Gasteiger partial charge >= 0.3 is 5.69 Å². The average Bonchev–Trinajstić information content (AvgIpc) is 3.36. The Labute approximate surface area is 184 Å². The van der Waals surface area contributed by atoms with Crippen molar-refractivity contribution in [1.82, 2.24) is 18.7 Å². The van der Waals surface area contributed by atoms with E-state index in [0.717, 1.165) is 17.2 Å². The smallest absolute Gasteiger partial charge is 0.332 e. The first-order valence-electron chi connectivity index (χ1n) is 10.7. The van der Waals surface area contributed by atoms with Gasteiger partial charge < -0.3 is 14.2 Å². The zero-order chi connectivity index (χ0) is 22.4. The van der Waals surface area contributed by atoms with Gasteiger partial charge in [-0.3, -0.25) is 13.9 Å². The molecule has 0 saturated heterocycles. The van der Waals surface area contributed by atoms with Crippen LogP contribution in [-0.4, -0.2) is 25.2 Å². The number of hydrogen-bond donors (Lipinski definition) is 0. The second-order valence-corrected chi connectivity index (χ2v) is 8.45. The molecule has 0 unspecified atom stereocenters. The molecule has 8 heteroatoms. The largest absolute Gasteiger partial charge is 0.457 e. The summed E-state index contributed by atoms with van der Waals surface area (Å²) in [4.78, 5) is 32.7. The van der Waals surface area contributed by atoms with Gasteiger partial charge in [-0.05, 0) is 42.3 Å². The molecule has 0 amide bonds. The van der Waals surface area contributed by atoms with Crippen molar-refractivity contribution in [3.05, 3.63) is 75.4 Å². The molecule has 0 bridgehead atoms. The van der Waals surface area contributed by atoms with Crippen LogP contribution in [0.4, 0.5) is 11.6 Å². The Morgan fingerprint density at radius 2 is 1.66 bits per heavy atom. The lowest BCUT2D eigenvalue weighted by molar-refractivity contribution is 0.482. The van der Waals surface area contributed by atoms with Crippen molar-refractivity contribution in [3.63, 3.8) is 0 Å². The van der Waals surface area contributed by atoms with Gasteiger partial charge in [-0.15, -0.1) is 0 Å². The van der Waals surface area contributed by atoms with Crippen LogP contribution in [0.3, 0.4) is 0 Å². The normalized spacial score (nSPS) is 13.2. The molecular formula is C24H25N5O3. The molecule has 1 aliphatic heterocycles. The Hall–Kier alpha value is -3.81. The van der Waals surface area contributed by atoms with E-state index in [-0.39, 0.29) is 17.2 Å². The summed E-state index contributed by atoms with van der Waals surface area (Å²) in [6, 6.07) is 17.4. The molecule has 0 atom stereocenters. The maximum absolute atomic E-state index is 13.2. The first kappa shape index (κ1) is 20.1. The summed E-state index contributed by atoms with van der Waals surface area (Å²) >= 11 is 0. The van der Waals surface area contributed by atoms with E-state index in [9.17, 15) is 9.59 Å². The second kappa shape index (κ2) is 7.71. The van der Waals surface area contributed by atoms with Gasteiger partial charge in [0.1, 0.15) is 11.5 Å². The zero-order valence-electron chi connectivity index (χ0n) is 18.4. The van der Waals surface area contributed by atoms with Crippen LogP contribution in [0, 0.1) is 5.92 Å². The number of hydrogen-bond acceptors (Lipinski definition) is 5. The molecule has 0 radical (unpaired) electrons. The number of aromatic nitrogens is 4. The van der Waals surface area contributed by atoms with Crippen molar-refractivity contribution in [3.8, 4) is 11.5 Å². The molecule has 0 saturated carbocycles. The first-order valence-corrected chi connectivity index (χ1v) is 10.7. The predicted molar refractivity (Wildman–Crippen MR) is 124 cm³/mol. The van der Waals surface area contributed by atoms with Crippen LogP contribution in [-0.2, 0) is 20.1 Å². The summed E-state index contributed by atoms with van der Waals surface area (Å²) < 4.78 is 10.6. The third-order valence-electron chi connectivity index (χ3n) is 5.68. The van der Waals surface area contributed by atoms with Crippen LogP contribution in [0.1, 0.15) is 13.8 Å². The van der Waals surface area contributed by atoms with Gasteiger partial charge in [0.2, 0.25) is 5.95 Å².